The molecule has 0 unspecified atom stereocenters. The number of rotatable bonds is 0. The Labute approximate surface area is 89.1 Å². The van der Waals surface area contributed by atoms with Crippen molar-refractivity contribution in [3.05, 3.63) is 29.8 Å². The smallest absolute Gasteiger partial charge is 0.147 e. The fourth-order valence-electron chi connectivity index (χ4n) is 0.566. The molecule has 0 bridgehead atoms. The van der Waals surface area contributed by atoms with Gasteiger partial charge in [0.2, 0.25) is 0 Å². The molecule has 0 saturated heterocycles. The maximum atomic E-state index is 2.19. The van der Waals surface area contributed by atoms with Crippen molar-refractivity contribution in [1.29, 1.82) is 0 Å². The van der Waals surface area contributed by atoms with Crippen molar-refractivity contribution in [3.63, 3.8) is 0 Å². The predicted octanol–water partition coefficient (Wildman–Crippen LogP) is 1.10. The largest absolute Gasteiger partial charge is 0.147 e. The normalized spacial score (nSPS) is 7.40. The minimum absolute atomic E-state index is 0. The molecule has 0 aromatic heterocycles. The zero-order valence-corrected chi connectivity index (χ0v) is 11.8. The van der Waals surface area contributed by atoms with Crippen LogP contribution in [0.2, 0.25) is 0 Å². The Bertz CT molecular complexity index is 150. The second-order valence-corrected chi connectivity index (χ2v) is 4.50. The molecule has 3 heteroatoms. The zero-order valence-electron chi connectivity index (χ0n) is 5.70. The van der Waals surface area contributed by atoms with E-state index in [-0.39, 0.29) is 24.8 Å². The zero-order chi connectivity index (χ0) is 5.98. The van der Waals surface area contributed by atoms with Gasteiger partial charge in [-0.1, -0.05) is 0 Å². The first-order chi connectivity index (χ1) is 3.79. The van der Waals surface area contributed by atoms with E-state index in [2.05, 4.69) is 31.2 Å². The van der Waals surface area contributed by atoms with Gasteiger partial charge in [-0.2, -0.15) is 0 Å². The molecule has 0 aliphatic rings. The first-order valence-electron chi connectivity index (χ1n) is 2.61. The van der Waals surface area contributed by atoms with Crippen molar-refractivity contribution in [1.82, 2.24) is 0 Å². The third kappa shape index (κ3) is 4.49. The predicted molar refractivity (Wildman–Crippen MR) is 53.9 cm³/mol. The van der Waals surface area contributed by atoms with Crippen LogP contribution >= 0.6 is 24.8 Å². The quantitative estimate of drug-likeness (QED) is 0.596. The van der Waals surface area contributed by atoms with Gasteiger partial charge in [0.15, 0.2) is 0 Å². The third-order valence-corrected chi connectivity index (χ3v) is 2.57. The summed E-state index contributed by atoms with van der Waals surface area (Å²) in [7, 11) is 0. The monoisotopic (exact) mass is 374 g/mol. The van der Waals surface area contributed by atoms with Crippen LogP contribution < -0.4 is 3.27 Å². The van der Waals surface area contributed by atoms with Crippen molar-refractivity contribution in [2.45, 2.75) is 6.92 Å². The molecule has 0 aliphatic carbocycles. The fraction of sp³-hybridized carbons (Fsp3) is 0.143. The van der Waals surface area contributed by atoms with Gasteiger partial charge in [0, 0.05) is 0 Å². The molecular formula is C7H11BiCl2. The van der Waals surface area contributed by atoms with Crippen LogP contribution in [0.1, 0.15) is 5.56 Å². The van der Waals surface area contributed by atoms with Gasteiger partial charge in [-0.05, 0) is 0 Å². The molecule has 0 saturated carbocycles. The van der Waals surface area contributed by atoms with E-state index >= 15 is 0 Å². The average Bonchev–Trinajstić information content (AvgIpc) is 1.77. The maximum absolute atomic E-state index is 2.19. The average molecular weight is 375 g/mol. The molecule has 0 N–H and O–H groups in total. The summed E-state index contributed by atoms with van der Waals surface area (Å²) in [6, 6.07) is 8.71. The molecule has 0 radical (unpaired) electrons. The Balaban J connectivity index is 0. The number of hydrogen-bond donors (Lipinski definition) is 0. The molecule has 58 valence electrons. The number of hydrogen-bond acceptors (Lipinski definition) is 0. The first-order valence-corrected chi connectivity index (χ1v) is 4.85. The maximum Gasteiger partial charge on any atom is -0.147 e. The minimum atomic E-state index is 0. The van der Waals surface area contributed by atoms with Gasteiger partial charge in [-0.25, -0.2) is 0 Å². The van der Waals surface area contributed by atoms with E-state index in [1.165, 1.54) is 8.83 Å². The summed E-state index contributed by atoms with van der Waals surface area (Å²) in [5, 5.41) is 0. The molecule has 0 fully saturated rings. The van der Waals surface area contributed by atoms with Crippen molar-refractivity contribution in [3.8, 4) is 0 Å². The summed E-state index contributed by atoms with van der Waals surface area (Å²) >= 11 is 0.987. The Morgan fingerprint density at radius 1 is 1.00 bits per heavy atom. The van der Waals surface area contributed by atoms with E-state index < -0.39 is 0 Å². The molecule has 0 aliphatic heterocycles. The molecule has 10 heavy (non-hydrogen) atoms. The van der Waals surface area contributed by atoms with E-state index in [0.717, 1.165) is 24.7 Å². The van der Waals surface area contributed by atoms with Gasteiger partial charge >= 0.3 is 64.7 Å². The van der Waals surface area contributed by atoms with Crippen molar-refractivity contribution in [2.75, 3.05) is 0 Å². The summed E-state index contributed by atoms with van der Waals surface area (Å²) in [6.45, 7) is 2.12. The van der Waals surface area contributed by atoms with Gasteiger partial charge < -0.3 is 0 Å². The van der Waals surface area contributed by atoms with Crippen molar-refractivity contribution in [2.24, 2.45) is 0 Å². The van der Waals surface area contributed by atoms with E-state index in [1.807, 2.05) is 0 Å². The van der Waals surface area contributed by atoms with Gasteiger partial charge in [0.25, 0.3) is 0 Å². The van der Waals surface area contributed by atoms with Crippen LogP contribution in [0.5, 0.6) is 0 Å². The standard InChI is InChI=1S/C7H7.Bi.2ClH.2H/c1-7-5-3-2-4-6-7;;;;;/h3-6H,1H3;;2*1H;;. The summed E-state index contributed by atoms with van der Waals surface area (Å²) in [5.41, 5.74) is 1.36. The minimum Gasteiger partial charge on any atom is -0.147 e. The van der Waals surface area contributed by atoms with E-state index in [9.17, 15) is 0 Å². The molecule has 1 aromatic carbocycles. The van der Waals surface area contributed by atoms with Crippen LogP contribution in [0.3, 0.4) is 0 Å². The van der Waals surface area contributed by atoms with Crippen LogP contribution in [0.15, 0.2) is 24.3 Å². The fourth-order valence-corrected chi connectivity index (χ4v) is 1.31. The van der Waals surface area contributed by atoms with Gasteiger partial charge in [-0.3, -0.25) is 0 Å². The summed E-state index contributed by atoms with van der Waals surface area (Å²) < 4.78 is 1.50. The topological polar surface area (TPSA) is 0 Å². The Kier molecular flexibility index (Phi) is 8.50. The molecule has 0 heterocycles. The molecule has 0 atom stereocenters. The molecule has 1 rings (SSSR count). The Morgan fingerprint density at radius 2 is 1.40 bits per heavy atom. The SMILES string of the molecule is Cc1cc[c]([BiH2])cc1.Cl.Cl. The van der Waals surface area contributed by atoms with Gasteiger partial charge in [-0.15, -0.1) is 24.8 Å². The van der Waals surface area contributed by atoms with Crippen LogP contribution in [0, 0.1) is 6.92 Å². The second-order valence-electron chi connectivity index (χ2n) is 1.91. The molecule has 0 nitrogen and oxygen atoms in total. The number of benzene rings is 1. The van der Waals surface area contributed by atoms with Gasteiger partial charge in [0.05, 0.1) is 0 Å². The third-order valence-electron chi connectivity index (χ3n) is 1.08. The van der Waals surface area contributed by atoms with Crippen LogP contribution in [0.25, 0.3) is 0 Å². The summed E-state index contributed by atoms with van der Waals surface area (Å²) in [4.78, 5) is 0. The molecular weight excluding hydrogens is 364 g/mol. The van der Waals surface area contributed by atoms with E-state index in [4.69, 9.17) is 0 Å². The molecule has 0 spiro atoms. The van der Waals surface area contributed by atoms with Crippen LogP contribution in [-0.4, -0.2) is 24.7 Å². The van der Waals surface area contributed by atoms with Crippen molar-refractivity contribution < 1.29 is 0 Å². The summed E-state index contributed by atoms with van der Waals surface area (Å²) in [6.07, 6.45) is 0. The van der Waals surface area contributed by atoms with Gasteiger partial charge in [0.1, 0.15) is 0 Å². The Morgan fingerprint density at radius 3 is 1.70 bits per heavy atom. The van der Waals surface area contributed by atoms with Crippen molar-refractivity contribution >= 4 is 52.8 Å². The Hall–Kier alpha value is 0.683. The van der Waals surface area contributed by atoms with Crippen LogP contribution in [-0.2, 0) is 0 Å². The van der Waals surface area contributed by atoms with Crippen LogP contribution in [0.4, 0.5) is 0 Å². The molecule has 0 amide bonds. The summed E-state index contributed by atoms with van der Waals surface area (Å²) in [5.74, 6) is 0. The van der Waals surface area contributed by atoms with E-state index in [1.54, 1.807) is 0 Å². The van der Waals surface area contributed by atoms with E-state index in [0.29, 0.717) is 0 Å². The number of aryl methyl sites for hydroxylation is 1. The number of halogens is 2. The molecule has 1 aromatic rings. The second kappa shape index (κ2) is 6.40. The first kappa shape index (κ1) is 13.3.